The van der Waals surface area contributed by atoms with E-state index >= 15 is 0 Å². The van der Waals surface area contributed by atoms with E-state index in [0.717, 1.165) is 11.3 Å². The number of para-hydroxylation sites is 1. The number of ether oxygens (including phenoxy) is 1. The van der Waals surface area contributed by atoms with E-state index in [1.165, 1.54) is 23.9 Å². The van der Waals surface area contributed by atoms with Crippen molar-refractivity contribution in [3.63, 3.8) is 0 Å². The Kier molecular flexibility index (Phi) is 5.40. The van der Waals surface area contributed by atoms with Gasteiger partial charge in [0.2, 0.25) is 0 Å². The first-order chi connectivity index (χ1) is 12.1. The molecule has 1 atom stereocenters. The number of hydrogen-bond acceptors (Lipinski definition) is 6. The minimum atomic E-state index is -0.764. The quantitative estimate of drug-likeness (QED) is 0.651. The van der Waals surface area contributed by atoms with Crippen molar-refractivity contribution in [2.24, 2.45) is 7.05 Å². The number of hydrogen-bond donors (Lipinski definition) is 1. The van der Waals surface area contributed by atoms with Crippen molar-refractivity contribution in [1.82, 2.24) is 14.8 Å². The molecular formula is C17H18FN3O3S. The van der Waals surface area contributed by atoms with Gasteiger partial charge in [-0.25, -0.2) is 4.39 Å². The Morgan fingerprint density at radius 2 is 2.12 bits per heavy atom. The number of halogens is 1. The molecule has 3 rings (SSSR count). The van der Waals surface area contributed by atoms with Crippen molar-refractivity contribution in [3.8, 4) is 17.1 Å². The molecule has 2 heterocycles. The molecule has 2 aromatic heterocycles. The topological polar surface area (TPSA) is 73.3 Å². The highest BCUT2D eigenvalue weighted by Gasteiger charge is 2.16. The summed E-state index contributed by atoms with van der Waals surface area (Å²) < 4.78 is 25.9. The molecule has 8 heteroatoms. The predicted octanol–water partition coefficient (Wildman–Crippen LogP) is 3.05. The molecule has 0 aliphatic heterocycles. The molecule has 1 N–H and O–H groups in total. The molecule has 0 bridgehead atoms. The van der Waals surface area contributed by atoms with Gasteiger partial charge in [0.15, 0.2) is 22.5 Å². The van der Waals surface area contributed by atoms with Crippen LogP contribution >= 0.6 is 11.8 Å². The number of benzene rings is 1. The van der Waals surface area contributed by atoms with Gasteiger partial charge in [0.25, 0.3) is 0 Å². The molecule has 0 saturated carbocycles. The molecule has 3 aromatic rings. The van der Waals surface area contributed by atoms with E-state index in [2.05, 4.69) is 10.2 Å². The Labute approximate surface area is 148 Å². The van der Waals surface area contributed by atoms with Crippen molar-refractivity contribution in [1.29, 1.82) is 0 Å². The van der Waals surface area contributed by atoms with E-state index in [0.29, 0.717) is 16.7 Å². The second kappa shape index (κ2) is 7.71. The van der Waals surface area contributed by atoms with Gasteiger partial charge in [0, 0.05) is 12.8 Å². The Bertz CT molecular complexity index is 849. The van der Waals surface area contributed by atoms with Crippen LogP contribution in [0.2, 0.25) is 0 Å². The monoisotopic (exact) mass is 363 g/mol. The zero-order chi connectivity index (χ0) is 17.8. The lowest BCUT2D eigenvalue weighted by atomic mass is 10.2. The van der Waals surface area contributed by atoms with E-state index < -0.39 is 11.9 Å². The summed E-state index contributed by atoms with van der Waals surface area (Å²) in [6.07, 6.45) is 0.844. The first-order valence-electron chi connectivity index (χ1n) is 7.68. The largest absolute Gasteiger partial charge is 0.488 e. The number of aryl methyl sites for hydroxylation is 1. The van der Waals surface area contributed by atoms with E-state index in [9.17, 15) is 9.50 Å². The van der Waals surface area contributed by atoms with E-state index in [-0.39, 0.29) is 12.4 Å². The molecule has 0 saturated heterocycles. The third-order valence-electron chi connectivity index (χ3n) is 3.61. The number of thioether (sulfide) groups is 1. The molecule has 132 valence electrons. The Hall–Kier alpha value is -2.32. The van der Waals surface area contributed by atoms with Crippen LogP contribution < -0.4 is 4.74 Å². The van der Waals surface area contributed by atoms with Crippen LogP contribution in [0.4, 0.5) is 4.39 Å². The predicted molar refractivity (Wildman–Crippen MR) is 92.1 cm³/mol. The van der Waals surface area contributed by atoms with Crippen LogP contribution in [0.25, 0.3) is 11.4 Å². The fourth-order valence-electron chi connectivity index (χ4n) is 2.26. The minimum absolute atomic E-state index is 0.000515. The molecule has 0 aliphatic rings. The molecule has 0 unspecified atom stereocenters. The van der Waals surface area contributed by atoms with Gasteiger partial charge in [-0.15, -0.1) is 10.2 Å². The number of aromatic nitrogens is 3. The van der Waals surface area contributed by atoms with Gasteiger partial charge in [-0.3, -0.25) is 0 Å². The van der Waals surface area contributed by atoms with Crippen LogP contribution in [0.3, 0.4) is 0 Å². The van der Waals surface area contributed by atoms with Gasteiger partial charge in [0.05, 0.1) is 17.9 Å². The molecule has 0 spiro atoms. The molecular weight excluding hydrogens is 345 g/mol. The van der Waals surface area contributed by atoms with Crippen molar-refractivity contribution >= 4 is 11.8 Å². The summed E-state index contributed by atoms with van der Waals surface area (Å²) in [4.78, 5) is 0. The summed E-state index contributed by atoms with van der Waals surface area (Å²) in [6.45, 7) is 1.86. The Morgan fingerprint density at radius 3 is 2.84 bits per heavy atom. The van der Waals surface area contributed by atoms with Crippen LogP contribution in [0.15, 0.2) is 46.2 Å². The highest BCUT2D eigenvalue weighted by atomic mass is 32.2. The molecule has 0 fully saturated rings. The van der Waals surface area contributed by atoms with Crippen LogP contribution in [0.5, 0.6) is 5.75 Å². The summed E-state index contributed by atoms with van der Waals surface area (Å²) in [5.41, 5.74) is 0.880. The van der Waals surface area contributed by atoms with Gasteiger partial charge in [-0.05, 0) is 25.1 Å². The second-order valence-corrected chi connectivity index (χ2v) is 6.45. The van der Waals surface area contributed by atoms with E-state index in [4.69, 9.17) is 9.15 Å². The minimum Gasteiger partial charge on any atom is -0.488 e. The third-order valence-corrected chi connectivity index (χ3v) is 4.77. The highest BCUT2D eigenvalue weighted by Crippen LogP contribution is 2.26. The number of aliphatic hydroxyl groups excluding tert-OH is 1. The summed E-state index contributed by atoms with van der Waals surface area (Å²) in [6, 6.07) is 7.94. The Morgan fingerprint density at radius 1 is 1.32 bits per heavy atom. The number of furan rings is 1. The normalized spacial score (nSPS) is 12.3. The zero-order valence-corrected chi connectivity index (χ0v) is 14.7. The van der Waals surface area contributed by atoms with Gasteiger partial charge >= 0.3 is 0 Å². The summed E-state index contributed by atoms with van der Waals surface area (Å²) in [5, 5.41) is 19.0. The van der Waals surface area contributed by atoms with Crippen molar-refractivity contribution in [3.05, 3.63) is 48.2 Å². The highest BCUT2D eigenvalue weighted by molar-refractivity contribution is 7.99. The molecule has 1 aromatic carbocycles. The number of rotatable bonds is 7. The second-order valence-electron chi connectivity index (χ2n) is 5.46. The summed E-state index contributed by atoms with van der Waals surface area (Å²) in [5.74, 6) is 1.50. The standard InChI is InChI=1S/C17H18FN3O3S/c1-11-13(7-8-23-11)16-19-20-17(21(16)2)25-10-12(22)9-24-15-6-4-3-5-14(15)18/h3-8,12,22H,9-10H2,1-2H3/t12-/m1/s1. The van der Waals surface area contributed by atoms with Gasteiger partial charge in [0.1, 0.15) is 12.4 Å². The lowest BCUT2D eigenvalue weighted by Crippen LogP contribution is -2.20. The average molecular weight is 363 g/mol. The van der Waals surface area contributed by atoms with Crippen molar-refractivity contribution < 1.29 is 18.7 Å². The van der Waals surface area contributed by atoms with Gasteiger partial charge in [-0.2, -0.15) is 0 Å². The van der Waals surface area contributed by atoms with Crippen LogP contribution in [-0.4, -0.2) is 38.3 Å². The summed E-state index contributed by atoms with van der Waals surface area (Å²) in [7, 11) is 1.85. The maximum absolute atomic E-state index is 13.5. The first-order valence-corrected chi connectivity index (χ1v) is 8.67. The van der Waals surface area contributed by atoms with Crippen molar-refractivity contribution in [2.75, 3.05) is 12.4 Å². The molecule has 25 heavy (non-hydrogen) atoms. The van der Waals surface area contributed by atoms with Crippen LogP contribution in [0, 0.1) is 12.7 Å². The maximum Gasteiger partial charge on any atom is 0.191 e. The third kappa shape index (κ3) is 4.02. The fraction of sp³-hybridized carbons (Fsp3) is 0.294. The van der Waals surface area contributed by atoms with Gasteiger partial charge in [-0.1, -0.05) is 23.9 Å². The number of nitrogens with zero attached hydrogens (tertiary/aromatic N) is 3. The number of aliphatic hydroxyl groups is 1. The summed E-state index contributed by atoms with van der Waals surface area (Å²) >= 11 is 1.35. The van der Waals surface area contributed by atoms with E-state index in [1.807, 2.05) is 24.6 Å². The average Bonchev–Trinajstić information content (AvgIpc) is 3.17. The van der Waals surface area contributed by atoms with Crippen LogP contribution in [0.1, 0.15) is 5.76 Å². The maximum atomic E-state index is 13.5. The molecule has 0 amide bonds. The zero-order valence-electron chi connectivity index (χ0n) is 13.8. The molecule has 0 aliphatic carbocycles. The SMILES string of the molecule is Cc1occc1-c1nnc(SC[C@H](O)COc2ccccc2F)n1C. The lowest BCUT2D eigenvalue weighted by molar-refractivity contribution is 0.123. The fourth-order valence-corrected chi connectivity index (χ4v) is 3.08. The van der Waals surface area contributed by atoms with Crippen LogP contribution in [-0.2, 0) is 7.05 Å². The smallest absolute Gasteiger partial charge is 0.191 e. The Balaban J connectivity index is 1.56. The molecule has 6 nitrogen and oxygen atoms in total. The van der Waals surface area contributed by atoms with E-state index in [1.54, 1.807) is 18.4 Å². The lowest BCUT2D eigenvalue weighted by Gasteiger charge is -2.12. The first kappa shape index (κ1) is 17.5. The van der Waals surface area contributed by atoms with Crippen molar-refractivity contribution in [2.45, 2.75) is 18.2 Å². The molecule has 0 radical (unpaired) electrons. The van der Waals surface area contributed by atoms with Gasteiger partial charge < -0.3 is 18.8 Å².